The first-order valence-corrected chi connectivity index (χ1v) is 13.7. The van der Waals surface area contributed by atoms with Crippen LogP contribution in [-0.4, -0.2) is 55.3 Å². The Morgan fingerprint density at radius 3 is 2.63 bits per heavy atom. The van der Waals surface area contributed by atoms with Crippen LogP contribution in [0.4, 0.5) is 16.0 Å². The van der Waals surface area contributed by atoms with Gasteiger partial charge < -0.3 is 15.0 Å². The zero-order chi connectivity index (χ0) is 29.1. The maximum Gasteiger partial charge on any atom is 0.306 e. The third kappa shape index (κ3) is 4.89. The molecule has 10 nitrogen and oxygen atoms in total. The van der Waals surface area contributed by atoms with Gasteiger partial charge in [0.05, 0.1) is 29.3 Å². The Morgan fingerprint density at radius 2 is 1.90 bits per heavy atom. The maximum absolute atomic E-state index is 14.5. The fraction of sp³-hybridized carbons (Fsp3) is 0.400. The molecule has 2 aliphatic rings. The molecule has 2 aliphatic heterocycles. The van der Waals surface area contributed by atoms with Gasteiger partial charge in [0, 0.05) is 30.8 Å². The number of amides is 1. The number of hydrogen-bond acceptors (Lipinski definition) is 8. The maximum atomic E-state index is 14.5. The molecular weight excluding hydrogens is 525 g/mol. The minimum Gasteiger partial charge on any atom is -0.460 e. The number of nitrogens with one attached hydrogen (secondary N) is 1. The number of esters is 1. The largest absolute Gasteiger partial charge is 0.460 e. The standard InChI is InChI=1S/C30H32FN7O3/c1-29(2,3)41-21(39)13-17-14-37(15-17)27-22-24(35-28(40)30(22,4)5)33-25(34-27)23-19-10-8-12-32-26(19)38(36-23)16-18-9-6-7-11-20(18)31/h6-12,17H,13-16H2,1-5H3,(H,33,34,35,40). The summed E-state index contributed by atoms with van der Waals surface area (Å²) >= 11 is 0. The van der Waals surface area contributed by atoms with Crippen LogP contribution in [0.15, 0.2) is 42.6 Å². The molecule has 1 aromatic carbocycles. The summed E-state index contributed by atoms with van der Waals surface area (Å²) in [5.74, 6) is 0.795. The van der Waals surface area contributed by atoms with Gasteiger partial charge in [0.25, 0.3) is 0 Å². The molecule has 1 fully saturated rings. The summed E-state index contributed by atoms with van der Waals surface area (Å²) in [4.78, 5) is 41.6. The van der Waals surface area contributed by atoms with E-state index in [0.717, 1.165) is 5.56 Å². The van der Waals surface area contributed by atoms with Crippen molar-refractivity contribution >= 4 is 34.5 Å². The van der Waals surface area contributed by atoms with Crippen molar-refractivity contribution in [1.29, 1.82) is 0 Å². The lowest BCUT2D eigenvalue weighted by Crippen LogP contribution is -2.49. The van der Waals surface area contributed by atoms with Crippen molar-refractivity contribution in [3.8, 4) is 11.5 Å². The number of nitrogens with zero attached hydrogens (tertiary/aromatic N) is 6. The van der Waals surface area contributed by atoms with E-state index in [9.17, 15) is 14.0 Å². The third-order valence-corrected chi connectivity index (χ3v) is 7.44. The molecule has 0 radical (unpaired) electrons. The Bertz CT molecular complexity index is 1690. The van der Waals surface area contributed by atoms with Gasteiger partial charge in [-0.25, -0.2) is 24.0 Å². The Labute approximate surface area is 237 Å². The van der Waals surface area contributed by atoms with Crippen molar-refractivity contribution in [2.24, 2.45) is 5.92 Å². The zero-order valence-electron chi connectivity index (χ0n) is 23.7. The van der Waals surface area contributed by atoms with Gasteiger partial charge in [-0.1, -0.05) is 18.2 Å². The van der Waals surface area contributed by atoms with E-state index in [-0.39, 0.29) is 30.2 Å². The first-order valence-electron chi connectivity index (χ1n) is 13.7. The van der Waals surface area contributed by atoms with Crippen molar-refractivity contribution in [3.05, 3.63) is 59.5 Å². The molecule has 0 spiro atoms. The highest BCUT2D eigenvalue weighted by molar-refractivity contribution is 6.06. The first kappa shape index (κ1) is 26.8. The lowest BCUT2D eigenvalue weighted by Gasteiger charge is -2.41. The van der Waals surface area contributed by atoms with E-state index in [2.05, 4.69) is 15.2 Å². The summed E-state index contributed by atoms with van der Waals surface area (Å²) in [5, 5.41) is 8.41. The van der Waals surface area contributed by atoms with Gasteiger partial charge in [-0.3, -0.25) is 9.59 Å². The van der Waals surface area contributed by atoms with Crippen LogP contribution in [0.25, 0.3) is 22.6 Å². The Hall–Kier alpha value is -4.41. The molecule has 41 heavy (non-hydrogen) atoms. The highest BCUT2D eigenvalue weighted by Crippen LogP contribution is 2.44. The molecule has 0 aliphatic carbocycles. The Morgan fingerprint density at radius 1 is 1.15 bits per heavy atom. The van der Waals surface area contributed by atoms with Crippen LogP contribution in [0.3, 0.4) is 0 Å². The smallest absolute Gasteiger partial charge is 0.306 e. The van der Waals surface area contributed by atoms with Crippen LogP contribution < -0.4 is 10.2 Å². The Balaban J connectivity index is 1.37. The monoisotopic (exact) mass is 557 g/mol. The minimum atomic E-state index is -0.840. The summed E-state index contributed by atoms with van der Waals surface area (Å²) in [6.07, 6.45) is 1.97. The fourth-order valence-electron chi connectivity index (χ4n) is 5.39. The van der Waals surface area contributed by atoms with Crippen molar-refractivity contribution in [1.82, 2.24) is 24.7 Å². The average Bonchev–Trinajstić information content (AvgIpc) is 3.35. The average molecular weight is 558 g/mol. The lowest BCUT2D eigenvalue weighted by molar-refractivity contribution is -0.156. The molecule has 6 rings (SSSR count). The quantitative estimate of drug-likeness (QED) is 0.345. The lowest BCUT2D eigenvalue weighted by atomic mass is 9.85. The molecule has 4 aromatic rings. The van der Waals surface area contributed by atoms with Crippen LogP contribution in [0.5, 0.6) is 0 Å². The van der Waals surface area contributed by atoms with Gasteiger partial charge in [-0.15, -0.1) is 0 Å². The number of anilines is 2. The summed E-state index contributed by atoms with van der Waals surface area (Å²) < 4.78 is 21.6. The second-order valence-electron chi connectivity index (χ2n) is 12.2. The second kappa shape index (κ2) is 9.60. The predicted molar refractivity (Wildman–Crippen MR) is 152 cm³/mol. The van der Waals surface area contributed by atoms with Crippen LogP contribution in [0, 0.1) is 11.7 Å². The number of benzene rings is 1. The van der Waals surface area contributed by atoms with Crippen molar-refractivity contribution < 1.29 is 18.7 Å². The molecule has 1 N–H and O–H groups in total. The normalized spacial score (nSPS) is 16.4. The number of carbonyl (C=O) groups is 2. The van der Waals surface area contributed by atoms with E-state index in [1.807, 2.05) is 40.7 Å². The topological polar surface area (TPSA) is 115 Å². The number of fused-ring (bicyclic) bond motifs is 2. The predicted octanol–water partition coefficient (Wildman–Crippen LogP) is 4.47. The molecule has 5 heterocycles. The SMILES string of the molecule is CC(C)(C)OC(=O)CC1CN(c2nc(-c3nn(Cc4ccccc4F)c4ncccc34)nc3c2C(C)(C)C(=O)N3)C1. The van der Waals surface area contributed by atoms with Crippen molar-refractivity contribution in [2.75, 3.05) is 23.3 Å². The van der Waals surface area contributed by atoms with E-state index in [1.165, 1.54) is 6.07 Å². The summed E-state index contributed by atoms with van der Waals surface area (Å²) in [7, 11) is 0. The number of ether oxygens (including phenoxy) is 1. The van der Waals surface area contributed by atoms with Gasteiger partial charge in [0.1, 0.15) is 28.7 Å². The number of halogens is 1. The number of rotatable bonds is 6. The molecule has 0 atom stereocenters. The fourth-order valence-corrected chi connectivity index (χ4v) is 5.39. The highest BCUT2D eigenvalue weighted by Gasteiger charge is 2.45. The summed E-state index contributed by atoms with van der Waals surface area (Å²) in [5.41, 5.74) is 0.880. The number of carbonyl (C=O) groups excluding carboxylic acids is 2. The van der Waals surface area contributed by atoms with Gasteiger partial charge in [-0.2, -0.15) is 5.10 Å². The zero-order valence-corrected chi connectivity index (χ0v) is 23.7. The molecule has 11 heteroatoms. The van der Waals surface area contributed by atoms with E-state index >= 15 is 0 Å². The molecule has 0 saturated carbocycles. The third-order valence-electron chi connectivity index (χ3n) is 7.44. The van der Waals surface area contributed by atoms with E-state index < -0.39 is 11.0 Å². The molecule has 0 unspecified atom stereocenters. The van der Waals surface area contributed by atoms with E-state index in [0.29, 0.717) is 59.3 Å². The van der Waals surface area contributed by atoms with Crippen LogP contribution in [-0.2, 0) is 26.3 Å². The summed E-state index contributed by atoms with van der Waals surface area (Å²) in [6, 6.07) is 10.2. The molecular formula is C30H32FN7O3. The molecule has 1 amide bonds. The van der Waals surface area contributed by atoms with E-state index in [1.54, 1.807) is 35.1 Å². The molecule has 1 saturated heterocycles. The number of hydrogen-bond donors (Lipinski definition) is 1. The van der Waals surface area contributed by atoms with Gasteiger partial charge in [0.2, 0.25) is 5.91 Å². The summed E-state index contributed by atoms with van der Waals surface area (Å²) in [6.45, 7) is 10.6. The molecule has 0 bridgehead atoms. The highest BCUT2D eigenvalue weighted by atomic mass is 19.1. The number of aromatic nitrogens is 5. The minimum absolute atomic E-state index is 0.108. The second-order valence-corrected chi connectivity index (χ2v) is 12.2. The molecule has 212 valence electrons. The van der Waals surface area contributed by atoms with Crippen LogP contribution in [0.1, 0.15) is 52.2 Å². The Kier molecular flexibility index (Phi) is 6.28. The van der Waals surface area contributed by atoms with Crippen molar-refractivity contribution in [3.63, 3.8) is 0 Å². The van der Waals surface area contributed by atoms with Crippen LogP contribution in [0.2, 0.25) is 0 Å². The van der Waals surface area contributed by atoms with Crippen LogP contribution >= 0.6 is 0 Å². The van der Waals surface area contributed by atoms with Gasteiger partial charge in [0.15, 0.2) is 11.5 Å². The van der Waals surface area contributed by atoms with E-state index in [4.69, 9.17) is 19.8 Å². The van der Waals surface area contributed by atoms with Crippen molar-refractivity contribution in [2.45, 2.75) is 58.6 Å². The van der Waals surface area contributed by atoms with Gasteiger partial charge >= 0.3 is 5.97 Å². The number of pyridine rings is 1. The van der Waals surface area contributed by atoms with Gasteiger partial charge in [-0.05, 0) is 52.8 Å². The first-order chi connectivity index (χ1) is 19.4. The molecule has 3 aromatic heterocycles.